The van der Waals surface area contributed by atoms with E-state index in [2.05, 4.69) is 11.7 Å². The molecule has 0 saturated heterocycles. The third kappa shape index (κ3) is 0.470. The van der Waals surface area contributed by atoms with Crippen molar-refractivity contribution < 1.29 is 0 Å². The molecule has 9 heavy (non-hydrogen) atoms. The first-order chi connectivity index (χ1) is 4.38. The van der Waals surface area contributed by atoms with E-state index in [1.807, 2.05) is 22.8 Å². The highest BCUT2D eigenvalue weighted by atomic mass is 15.2. The maximum Gasteiger partial charge on any atom is 0.0728 e. The monoisotopic (exact) mass is 118 g/mol. The predicted octanol–water partition coefficient (Wildman–Crippen LogP) is 0.464. The molecular weight excluding hydrogens is 112 g/mol. The van der Waals surface area contributed by atoms with Crippen LogP contribution in [0.3, 0.4) is 0 Å². The van der Waals surface area contributed by atoms with Gasteiger partial charge in [-0.15, -0.1) is 0 Å². The van der Waals surface area contributed by atoms with Crippen molar-refractivity contribution in [1.82, 2.24) is 9.61 Å². The van der Waals surface area contributed by atoms with Gasteiger partial charge in [0.1, 0.15) is 0 Å². The van der Waals surface area contributed by atoms with E-state index in [0.29, 0.717) is 0 Å². The van der Waals surface area contributed by atoms with Gasteiger partial charge in [0.2, 0.25) is 0 Å². The molecule has 0 aliphatic carbocycles. The average Bonchev–Trinajstić information content (AvgIpc) is 2.35. The summed E-state index contributed by atoms with van der Waals surface area (Å²) in [5.41, 5.74) is 1.09. The van der Waals surface area contributed by atoms with Gasteiger partial charge in [-0.25, -0.2) is 4.52 Å². The summed E-state index contributed by atoms with van der Waals surface area (Å²) in [5, 5.41) is 5.02. The molecule has 0 atom stereocenters. The Kier molecular flexibility index (Phi) is 0.681. The van der Waals surface area contributed by atoms with Crippen molar-refractivity contribution in [3.63, 3.8) is 0 Å². The molecule has 2 heteroatoms. The van der Waals surface area contributed by atoms with Crippen molar-refractivity contribution >= 4 is 12.1 Å². The molecule has 0 unspecified atom stereocenters. The van der Waals surface area contributed by atoms with Crippen LogP contribution >= 0.6 is 0 Å². The first-order valence-electron chi connectivity index (χ1n) is 2.79. The lowest BCUT2D eigenvalue weighted by Gasteiger charge is -1.74. The summed E-state index contributed by atoms with van der Waals surface area (Å²) in [7, 11) is 0. The number of aromatic nitrogens is 2. The van der Waals surface area contributed by atoms with Gasteiger partial charge in [-0.05, 0) is 12.1 Å². The molecule has 2 heterocycles. The van der Waals surface area contributed by atoms with Gasteiger partial charge < -0.3 is 0 Å². The Balaban J connectivity index is 3.17. The van der Waals surface area contributed by atoms with Crippen LogP contribution < -0.4 is 5.22 Å². The van der Waals surface area contributed by atoms with Crippen LogP contribution in [0, 0.1) is 0 Å². The van der Waals surface area contributed by atoms with Crippen molar-refractivity contribution in [1.29, 1.82) is 0 Å². The minimum atomic E-state index is 0.986. The minimum Gasteiger partial charge on any atom is -0.240 e. The molecule has 2 rings (SSSR count). The van der Waals surface area contributed by atoms with Crippen molar-refractivity contribution in [2.45, 2.75) is 0 Å². The Morgan fingerprint density at radius 1 is 1.56 bits per heavy atom. The van der Waals surface area contributed by atoms with Crippen LogP contribution in [0.2, 0.25) is 0 Å². The molecule has 0 aliphatic rings. The van der Waals surface area contributed by atoms with Crippen LogP contribution in [-0.2, 0) is 0 Å². The largest absolute Gasteiger partial charge is 0.240 e. The Morgan fingerprint density at radius 3 is 3.22 bits per heavy atom. The number of nitrogens with zero attached hydrogens (tertiary/aromatic N) is 2. The predicted molar refractivity (Wildman–Crippen MR) is 35.9 cm³/mol. The van der Waals surface area contributed by atoms with E-state index in [0.717, 1.165) is 10.7 Å². The summed E-state index contributed by atoms with van der Waals surface area (Å²) in [6, 6.07) is 3.95. The molecule has 0 N–H and O–H groups in total. The highest BCUT2D eigenvalue weighted by Crippen LogP contribution is 1.93. The fraction of sp³-hybridized carbons (Fsp3) is 0. The van der Waals surface area contributed by atoms with Gasteiger partial charge in [0.15, 0.2) is 0 Å². The second kappa shape index (κ2) is 1.35. The lowest BCUT2D eigenvalue weighted by atomic mass is 10.4. The summed E-state index contributed by atoms with van der Waals surface area (Å²) in [6.45, 7) is 3.80. The van der Waals surface area contributed by atoms with Crippen LogP contribution in [-0.4, -0.2) is 9.61 Å². The van der Waals surface area contributed by atoms with Gasteiger partial charge in [-0.2, -0.15) is 5.10 Å². The molecule has 0 spiro atoms. The summed E-state index contributed by atoms with van der Waals surface area (Å²) in [5.74, 6) is 0. The summed E-state index contributed by atoms with van der Waals surface area (Å²) in [4.78, 5) is 0. The molecule has 0 saturated carbocycles. The lowest BCUT2D eigenvalue weighted by molar-refractivity contribution is 0.976. The first-order valence-corrected chi connectivity index (χ1v) is 2.79. The molecular formula is C7H6N2. The maximum atomic E-state index is 4.03. The van der Waals surface area contributed by atoms with Crippen LogP contribution in [0.4, 0.5) is 0 Å². The number of hydrogen-bond acceptors (Lipinski definition) is 1. The highest BCUT2D eigenvalue weighted by Gasteiger charge is 1.91. The Labute approximate surface area is 52.4 Å². The van der Waals surface area contributed by atoms with E-state index < -0.39 is 0 Å². The van der Waals surface area contributed by atoms with Crippen LogP contribution in [0.25, 0.3) is 12.1 Å². The van der Waals surface area contributed by atoms with E-state index in [1.165, 1.54) is 0 Å². The SMILES string of the molecule is C=c1cnn2cccc12. The van der Waals surface area contributed by atoms with E-state index in [-0.39, 0.29) is 0 Å². The molecule has 2 aromatic heterocycles. The fourth-order valence-corrected chi connectivity index (χ4v) is 0.925. The smallest absolute Gasteiger partial charge is 0.0728 e. The van der Waals surface area contributed by atoms with Crippen molar-refractivity contribution in [3.8, 4) is 0 Å². The summed E-state index contributed by atoms with van der Waals surface area (Å²) < 4.78 is 1.81. The van der Waals surface area contributed by atoms with E-state index in [9.17, 15) is 0 Å². The quantitative estimate of drug-likeness (QED) is 0.491. The number of rotatable bonds is 0. The standard InChI is InChI=1S/C7H6N2/c1-6-5-8-9-4-2-3-7(6)9/h2-5H,1H2. The molecule has 0 amide bonds. The minimum absolute atomic E-state index is 0.986. The van der Waals surface area contributed by atoms with Gasteiger partial charge in [-0.1, -0.05) is 6.58 Å². The van der Waals surface area contributed by atoms with Crippen LogP contribution in [0.15, 0.2) is 24.5 Å². The zero-order valence-corrected chi connectivity index (χ0v) is 4.91. The Bertz CT molecular complexity index is 361. The zero-order chi connectivity index (χ0) is 6.27. The van der Waals surface area contributed by atoms with E-state index in [1.54, 1.807) is 6.20 Å². The third-order valence-corrected chi connectivity index (χ3v) is 1.40. The normalized spacial score (nSPS) is 10.7. The Hall–Kier alpha value is -1.31. The van der Waals surface area contributed by atoms with E-state index in [4.69, 9.17) is 0 Å². The van der Waals surface area contributed by atoms with Gasteiger partial charge in [0.25, 0.3) is 0 Å². The first kappa shape index (κ1) is 4.56. The highest BCUT2D eigenvalue weighted by molar-refractivity contribution is 5.48. The van der Waals surface area contributed by atoms with Crippen LogP contribution in [0.1, 0.15) is 0 Å². The average molecular weight is 118 g/mol. The van der Waals surface area contributed by atoms with Gasteiger partial charge in [-0.3, -0.25) is 0 Å². The number of fused-ring (bicyclic) bond motifs is 1. The van der Waals surface area contributed by atoms with Gasteiger partial charge >= 0.3 is 0 Å². The van der Waals surface area contributed by atoms with Crippen molar-refractivity contribution in [2.24, 2.45) is 0 Å². The molecule has 0 bridgehead atoms. The fourth-order valence-electron chi connectivity index (χ4n) is 0.925. The van der Waals surface area contributed by atoms with Crippen molar-refractivity contribution in [2.75, 3.05) is 0 Å². The second-order valence-electron chi connectivity index (χ2n) is 2.01. The molecule has 44 valence electrons. The molecule has 2 aromatic rings. The molecule has 0 radical (unpaired) electrons. The lowest BCUT2D eigenvalue weighted by Crippen LogP contribution is -1.89. The van der Waals surface area contributed by atoms with Crippen LogP contribution in [0.5, 0.6) is 0 Å². The third-order valence-electron chi connectivity index (χ3n) is 1.40. The van der Waals surface area contributed by atoms with Crippen molar-refractivity contribution in [3.05, 3.63) is 29.7 Å². The molecule has 0 aromatic carbocycles. The van der Waals surface area contributed by atoms with E-state index >= 15 is 0 Å². The van der Waals surface area contributed by atoms with Gasteiger partial charge in [0.05, 0.1) is 11.7 Å². The molecule has 0 fully saturated rings. The summed E-state index contributed by atoms with van der Waals surface area (Å²) in [6.07, 6.45) is 3.67. The molecule has 2 nitrogen and oxygen atoms in total. The topological polar surface area (TPSA) is 17.3 Å². The maximum absolute atomic E-state index is 4.03. The number of hydrogen-bond donors (Lipinski definition) is 0. The molecule has 0 aliphatic heterocycles. The van der Waals surface area contributed by atoms with Gasteiger partial charge in [0, 0.05) is 11.4 Å². The zero-order valence-electron chi connectivity index (χ0n) is 4.91. The second-order valence-corrected chi connectivity index (χ2v) is 2.01. The summed E-state index contributed by atoms with van der Waals surface area (Å²) >= 11 is 0. The Morgan fingerprint density at radius 2 is 2.44 bits per heavy atom.